The zero-order chi connectivity index (χ0) is 18.5. The molecule has 0 saturated carbocycles. The lowest BCUT2D eigenvalue weighted by molar-refractivity contribution is -0.129. The molecule has 0 spiro atoms. The maximum atomic E-state index is 12.1. The van der Waals surface area contributed by atoms with E-state index in [0.717, 1.165) is 4.47 Å². The van der Waals surface area contributed by atoms with Crippen molar-refractivity contribution >= 4 is 33.9 Å². The molecule has 0 saturated heterocycles. The van der Waals surface area contributed by atoms with E-state index in [9.17, 15) is 4.79 Å². The molecule has 6 nitrogen and oxygen atoms in total. The summed E-state index contributed by atoms with van der Waals surface area (Å²) < 4.78 is 16.7. The smallest absolute Gasteiger partial charge is 0.363 e. The maximum absolute atomic E-state index is 12.1. The second kappa shape index (κ2) is 7.85. The Balaban J connectivity index is 1.89. The van der Waals surface area contributed by atoms with E-state index in [0.29, 0.717) is 22.6 Å². The van der Waals surface area contributed by atoms with Gasteiger partial charge in [-0.05, 0) is 42.0 Å². The fourth-order valence-corrected chi connectivity index (χ4v) is 2.71. The van der Waals surface area contributed by atoms with Gasteiger partial charge < -0.3 is 14.2 Å². The highest BCUT2D eigenvalue weighted by Gasteiger charge is 2.24. The van der Waals surface area contributed by atoms with Crippen molar-refractivity contribution in [1.82, 2.24) is 0 Å². The number of carbonyl (C=O) groups is 1. The molecule has 2 aromatic carbocycles. The number of nitrogens with zero attached hydrogens (tertiary/aromatic N) is 2. The molecule has 2 aromatic rings. The molecule has 1 heterocycles. The Bertz CT molecular complexity index is 960. The Morgan fingerprint density at radius 3 is 2.85 bits per heavy atom. The molecule has 130 valence electrons. The van der Waals surface area contributed by atoms with Gasteiger partial charge in [-0.2, -0.15) is 5.26 Å². The Morgan fingerprint density at radius 2 is 2.12 bits per heavy atom. The third-order valence-corrected chi connectivity index (χ3v) is 3.97. The Kier molecular flexibility index (Phi) is 5.34. The Morgan fingerprint density at radius 1 is 1.27 bits per heavy atom. The van der Waals surface area contributed by atoms with E-state index in [-0.39, 0.29) is 18.2 Å². The van der Waals surface area contributed by atoms with Crippen LogP contribution in [0.3, 0.4) is 0 Å². The molecule has 0 aliphatic carbocycles. The predicted molar refractivity (Wildman–Crippen MR) is 98.9 cm³/mol. The molecular weight excluding hydrogens is 400 g/mol. The van der Waals surface area contributed by atoms with E-state index in [1.165, 1.54) is 7.11 Å². The number of carbonyl (C=O) groups excluding carboxylic acids is 1. The standard InChI is InChI=1S/C19H13BrN2O4/c1-24-17-10-12(5-6-16(17)25-8-7-21)9-15-19(23)26-18(22-15)13-3-2-4-14(20)11-13/h2-6,9-11H,8H2,1H3/b15-9-. The van der Waals surface area contributed by atoms with Crippen molar-refractivity contribution in [1.29, 1.82) is 5.26 Å². The predicted octanol–water partition coefficient (Wildman–Crippen LogP) is 3.70. The van der Waals surface area contributed by atoms with Crippen LogP contribution >= 0.6 is 15.9 Å². The lowest BCUT2D eigenvalue weighted by Crippen LogP contribution is -2.05. The molecule has 0 aromatic heterocycles. The molecule has 0 N–H and O–H groups in total. The van der Waals surface area contributed by atoms with Gasteiger partial charge in [-0.3, -0.25) is 0 Å². The van der Waals surface area contributed by atoms with Crippen molar-refractivity contribution in [2.45, 2.75) is 0 Å². The number of halogens is 1. The summed E-state index contributed by atoms with van der Waals surface area (Å²) in [5.74, 6) is 0.632. The molecule has 0 unspecified atom stereocenters. The zero-order valence-corrected chi connectivity index (χ0v) is 15.3. The first-order valence-electron chi connectivity index (χ1n) is 7.57. The molecule has 0 amide bonds. The number of ether oxygens (including phenoxy) is 3. The Hall–Kier alpha value is -3.11. The van der Waals surface area contributed by atoms with Gasteiger partial charge in [-0.1, -0.05) is 28.1 Å². The molecule has 0 radical (unpaired) electrons. The second-order valence-electron chi connectivity index (χ2n) is 5.20. The summed E-state index contributed by atoms with van der Waals surface area (Å²) in [6.45, 7) is -0.0799. The van der Waals surface area contributed by atoms with Crippen LogP contribution in [-0.4, -0.2) is 25.6 Å². The summed E-state index contributed by atoms with van der Waals surface area (Å²) in [7, 11) is 1.50. The summed E-state index contributed by atoms with van der Waals surface area (Å²) in [6.07, 6.45) is 1.60. The van der Waals surface area contributed by atoms with Gasteiger partial charge in [0, 0.05) is 10.0 Å². The van der Waals surface area contributed by atoms with Crippen molar-refractivity contribution in [3.8, 4) is 17.6 Å². The van der Waals surface area contributed by atoms with Gasteiger partial charge in [0.15, 0.2) is 23.8 Å². The normalized spacial score (nSPS) is 14.6. The van der Waals surface area contributed by atoms with Crippen LogP contribution in [0.5, 0.6) is 11.5 Å². The average molecular weight is 413 g/mol. The molecule has 7 heteroatoms. The first-order chi connectivity index (χ1) is 12.6. The molecule has 0 bridgehead atoms. The number of benzene rings is 2. The number of esters is 1. The van der Waals surface area contributed by atoms with Crippen LogP contribution < -0.4 is 9.47 Å². The van der Waals surface area contributed by atoms with Gasteiger partial charge in [-0.25, -0.2) is 9.79 Å². The van der Waals surface area contributed by atoms with Crippen molar-refractivity contribution in [3.63, 3.8) is 0 Å². The second-order valence-corrected chi connectivity index (χ2v) is 6.12. The number of cyclic esters (lactones) is 1. The van der Waals surface area contributed by atoms with E-state index < -0.39 is 5.97 Å². The fraction of sp³-hybridized carbons (Fsp3) is 0.105. The van der Waals surface area contributed by atoms with Crippen LogP contribution in [0.1, 0.15) is 11.1 Å². The first kappa shape index (κ1) is 17.7. The maximum Gasteiger partial charge on any atom is 0.363 e. The number of nitriles is 1. The topological polar surface area (TPSA) is 80.9 Å². The van der Waals surface area contributed by atoms with Crippen LogP contribution in [-0.2, 0) is 9.53 Å². The number of hydrogen-bond acceptors (Lipinski definition) is 6. The van der Waals surface area contributed by atoms with Gasteiger partial charge in [0.25, 0.3) is 0 Å². The van der Waals surface area contributed by atoms with E-state index in [4.69, 9.17) is 19.5 Å². The molecule has 0 atom stereocenters. The largest absolute Gasteiger partial charge is 0.493 e. The molecule has 0 fully saturated rings. The number of rotatable bonds is 5. The van der Waals surface area contributed by atoms with E-state index in [1.54, 1.807) is 24.3 Å². The van der Waals surface area contributed by atoms with Gasteiger partial charge >= 0.3 is 5.97 Å². The van der Waals surface area contributed by atoms with Crippen LogP contribution in [0.15, 0.2) is 57.6 Å². The highest BCUT2D eigenvalue weighted by Crippen LogP contribution is 2.29. The SMILES string of the molecule is COc1cc(/C=C2\N=C(c3cccc(Br)c3)OC2=O)ccc1OCC#N. The van der Waals surface area contributed by atoms with E-state index >= 15 is 0 Å². The molecular formula is C19H13BrN2O4. The minimum absolute atomic E-state index is 0.0799. The van der Waals surface area contributed by atoms with Gasteiger partial charge in [0.1, 0.15) is 6.07 Å². The summed E-state index contributed by atoms with van der Waals surface area (Å²) >= 11 is 3.38. The van der Waals surface area contributed by atoms with E-state index in [1.807, 2.05) is 30.3 Å². The number of methoxy groups -OCH3 is 1. The third kappa shape index (κ3) is 3.92. The summed E-state index contributed by atoms with van der Waals surface area (Å²) in [6, 6.07) is 14.3. The highest BCUT2D eigenvalue weighted by molar-refractivity contribution is 9.10. The van der Waals surface area contributed by atoms with Crippen molar-refractivity contribution < 1.29 is 19.0 Å². The monoisotopic (exact) mass is 412 g/mol. The van der Waals surface area contributed by atoms with Crippen LogP contribution in [0, 0.1) is 11.3 Å². The number of hydrogen-bond donors (Lipinski definition) is 0. The molecule has 26 heavy (non-hydrogen) atoms. The zero-order valence-electron chi connectivity index (χ0n) is 13.7. The first-order valence-corrected chi connectivity index (χ1v) is 8.36. The number of aliphatic imine (C=N–C) groups is 1. The minimum atomic E-state index is -0.524. The highest BCUT2D eigenvalue weighted by atomic mass is 79.9. The summed E-state index contributed by atoms with van der Waals surface area (Å²) in [5, 5.41) is 8.61. The molecule has 1 aliphatic heterocycles. The average Bonchev–Trinajstić information content (AvgIpc) is 3.01. The quantitative estimate of drug-likeness (QED) is 0.552. The molecule has 3 rings (SSSR count). The Labute approximate surface area is 158 Å². The fourth-order valence-electron chi connectivity index (χ4n) is 2.32. The van der Waals surface area contributed by atoms with Gasteiger partial charge in [-0.15, -0.1) is 0 Å². The molecule has 1 aliphatic rings. The lowest BCUT2D eigenvalue weighted by Gasteiger charge is -2.08. The third-order valence-electron chi connectivity index (χ3n) is 3.48. The van der Waals surface area contributed by atoms with Crippen molar-refractivity contribution in [2.75, 3.05) is 13.7 Å². The van der Waals surface area contributed by atoms with Crippen LogP contribution in [0.4, 0.5) is 0 Å². The lowest BCUT2D eigenvalue weighted by atomic mass is 10.1. The summed E-state index contributed by atoms with van der Waals surface area (Å²) in [4.78, 5) is 16.4. The van der Waals surface area contributed by atoms with Crippen LogP contribution in [0.25, 0.3) is 6.08 Å². The van der Waals surface area contributed by atoms with Gasteiger partial charge in [0.2, 0.25) is 5.90 Å². The van der Waals surface area contributed by atoms with Crippen molar-refractivity contribution in [2.24, 2.45) is 4.99 Å². The van der Waals surface area contributed by atoms with Crippen LogP contribution in [0.2, 0.25) is 0 Å². The van der Waals surface area contributed by atoms with Gasteiger partial charge in [0.05, 0.1) is 7.11 Å². The van der Waals surface area contributed by atoms with E-state index in [2.05, 4.69) is 20.9 Å². The summed E-state index contributed by atoms with van der Waals surface area (Å²) in [5.41, 5.74) is 1.58. The minimum Gasteiger partial charge on any atom is -0.493 e. The van der Waals surface area contributed by atoms with Crippen molar-refractivity contribution in [3.05, 3.63) is 63.8 Å².